The molecular formula is C23H42BrN. The van der Waals surface area contributed by atoms with Gasteiger partial charge in [0.1, 0.15) is 0 Å². The van der Waals surface area contributed by atoms with Crippen molar-refractivity contribution < 1.29 is 0 Å². The van der Waals surface area contributed by atoms with Crippen molar-refractivity contribution in [3.05, 3.63) is 35.9 Å². The summed E-state index contributed by atoms with van der Waals surface area (Å²) in [5.74, 6) is 0. The van der Waals surface area contributed by atoms with Crippen LogP contribution in [0.4, 0.5) is 0 Å². The van der Waals surface area contributed by atoms with Gasteiger partial charge in [-0.05, 0) is 12.0 Å². The van der Waals surface area contributed by atoms with Crippen LogP contribution in [0.15, 0.2) is 30.3 Å². The van der Waals surface area contributed by atoms with E-state index in [1.807, 2.05) is 0 Å². The maximum atomic E-state index is 6.50. The first-order valence-corrected chi connectivity index (χ1v) is 10.4. The summed E-state index contributed by atoms with van der Waals surface area (Å²) in [6.45, 7) is 6.85. The third kappa shape index (κ3) is 10.4. The lowest BCUT2D eigenvalue weighted by Crippen LogP contribution is -2.40. The van der Waals surface area contributed by atoms with Crippen LogP contribution in [0.3, 0.4) is 0 Å². The molecule has 1 unspecified atom stereocenters. The molecule has 0 fully saturated rings. The van der Waals surface area contributed by atoms with E-state index in [-0.39, 0.29) is 28.4 Å². The Labute approximate surface area is 167 Å². The first kappa shape index (κ1) is 24.7. The molecule has 2 heteroatoms. The summed E-state index contributed by atoms with van der Waals surface area (Å²) in [5.41, 5.74) is 7.93. The predicted octanol–water partition coefficient (Wildman–Crippen LogP) is 7.57. The summed E-state index contributed by atoms with van der Waals surface area (Å²) in [6.07, 6.45) is 16.5. The zero-order valence-corrected chi connectivity index (χ0v) is 18.6. The summed E-state index contributed by atoms with van der Waals surface area (Å²) in [4.78, 5) is 0. The van der Waals surface area contributed by atoms with Gasteiger partial charge in [0.15, 0.2) is 0 Å². The SMILES string of the molecule is Br.CCCCCCCCCCCCCC(N)C(C)(C)c1ccccc1. The van der Waals surface area contributed by atoms with Crippen LogP contribution in [0.2, 0.25) is 0 Å². The molecule has 146 valence electrons. The van der Waals surface area contributed by atoms with Crippen LogP contribution in [-0.4, -0.2) is 6.04 Å². The normalized spacial score (nSPS) is 12.6. The molecule has 0 saturated heterocycles. The standard InChI is InChI=1S/C23H41N.BrH/c1-4-5-6-7-8-9-10-11-12-13-17-20-22(24)23(2,3)21-18-15-14-16-19-21;/h14-16,18-19,22H,4-13,17,20,24H2,1-3H3;1H. The number of rotatable bonds is 14. The molecule has 0 aliphatic heterocycles. The largest absolute Gasteiger partial charge is 0.327 e. The highest BCUT2D eigenvalue weighted by molar-refractivity contribution is 8.93. The van der Waals surface area contributed by atoms with Gasteiger partial charge in [0.25, 0.3) is 0 Å². The fraction of sp³-hybridized carbons (Fsp3) is 0.739. The third-order valence-corrected chi connectivity index (χ3v) is 5.56. The van der Waals surface area contributed by atoms with Gasteiger partial charge in [-0.25, -0.2) is 0 Å². The Balaban J connectivity index is 0.00000576. The van der Waals surface area contributed by atoms with Gasteiger partial charge in [-0.3, -0.25) is 0 Å². The summed E-state index contributed by atoms with van der Waals surface area (Å²) >= 11 is 0. The van der Waals surface area contributed by atoms with Crippen molar-refractivity contribution in [3.63, 3.8) is 0 Å². The van der Waals surface area contributed by atoms with Gasteiger partial charge in [-0.15, -0.1) is 17.0 Å². The van der Waals surface area contributed by atoms with E-state index in [2.05, 4.69) is 51.1 Å². The molecule has 1 aromatic rings. The molecular weight excluding hydrogens is 370 g/mol. The highest BCUT2D eigenvalue weighted by Crippen LogP contribution is 2.28. The van der Waals surface area contributed by atoms with E-state index < -0.39 is 0 Å². The number of hydrogen-bond donors (Lipinski definition) is 1. The zero-order chi connectivity index (χ0) is 17.7. The van der Waals surface area contributed by atoms with Crippen LogP contribution >= 0.6 is 17.0 Å². The minimum Gasteiger partial charge on any atom is -0.327 e. The smallest absolute Gasteiger partial charge is 0.0131 e. The first-order valence-electron chi connectivity index (χ1n) is 10.4. The lowest BCUT2D eigenvalue weighted by molar-refractivity contribution is 0.375. The fourth-order valence-corrected chi connectivity index (χ4v) is 3.47. The first-order chi connectivity index (χ1) is 11.6. The molecule has 0 spiro atoms. The molecule has 1 aromatic carbocycles. The summed E-state index contributed by atoms with van der Waals surface area (Å²) in [7, 11) is 0. The Morgan fingerprint density at radius 1 is 0.760 bits per heavy atom. The van der Waals surface area contributed by atoms with Crippen LogP contribution in [0.1, 0.15) is 103 Å². The molecule has 0 aromatic heterocycles. The fourth-order valence-electron chi connectivity index (χ4n) is 3.47. The second-order valence-corrected chi connectivity index (χ2v) is 8.02. The highest BCUT2D eigenvalue weighted by Gasteiger charge is 2.27. The predicted molar refractivity (Wildman–Crippen MR) is 119 cm³/mol. The zero-order valence-electron chi connectivity index (χ0n) is 16.9. The minimum atomic E-state index is 0. The average molecular weight is 413 g/mol. The highest BCUT2D eigenvalue weighted by atomic mass is 79.9. The third-order valence-electron chi connectivity index (χ3n) is 5.56. The van der Waals surface area contributed by atoms with Crippen molar-refractivity contribution in [2.45, 2.75) is 109 Å². The quantitative estimate of drug-likeness (QED) is 0.313. The lowest BCUT2D eigenvalue weighted by Gasteiger charge is -2.32. The molecule has 0 saturated carbocycles. The molecule has 0 aliphatic carbocycles. The Morgan fingerprint density at radius 2 is 1.20 bits per heavy atom. The van der Waals surface area contributed by atoms with Crippen molar-refractivity contribution in [2.75, 3.05) is 0 Å². The molecule has 1 nitrogen and oxygen atoms in total. The second-order valence-electron chi connectivity index (χ2n) is 8.02. The van der Waals surface area contributed by atoms with E-state index in [0.29, 0.717) is 0 Å². The topological polar surface area (TPSA) is 26.0 Å². The van der Waals surface area contributed by atoms with E-state index in [1.54, 1.807) is 0 Å². The number of unbranched alkanes of at least 4 members (excludes halogenated alkanes) is 10. The van der Waals surface area contributed by atoms with Crippen LogP contribution in [0.25, 0.3) is 0 Å². The van der Waals surface area contributed by atoms with Gasteiger partial charge in [0, 0.05) is 11.5 Å². The molecule has 0 radical (unpaired) electrons. The van der Waals surface area contributed by atoms with Crippen molar-refractivity contribution in [1.29, 1.82) is 0 Å². The summed E-state index contributed by atoms with van der Waals surface area (Å²) in [5, 5.41) is 0. The van der Waals surface area contributed by atoms with E-state index >= 15 is 0 Å². The van der Waals surface area contributed by atoms with Crippen LogP contribution in [0.5, 0.6) is 0 Å². The summed E-state index contributed by atoms with van der Waals surface area (Å²) in [6, 6.07) is 11.0. The Morgan fingerprint density at radius 3 is 1.68 bits per heavy atom. The van der Waals surface area contributed by atoms with Crippen LogP contribution in [-0.2, 0) is 5.41 Å². The average Bonchev–Trinajstić information content (AvgIpc) is 2.60. The van der Waals surface area contributed by atoms with E-state index in [0.717, 1.165) is 6.42 Å². The summed E-state index contributed by atoms with van der Waals surface area (Å²) < 4.78 is 0. The van der Waals surface area contributed by atoms with E-state index in [4.69, 9.17) is 5.73 Å². The molecule has 25 heavy (non-hydrogen) atoms. The molecule has 0 heterocycles. The Hall–Kier alpha value is -0.340. The van der Waals surface area contributed by atoms with Gasteiger partial charge in [0.05, 0.1) is 0 Å². The second kappa shape index (κ2) is 14.8. The van der Waals surface area contributed by atoms with E-state index in [1.165, 1.54) is 76.2 Å². The molecule has 0 aliphatic rings. The minimum absolute atomic E-state index is 0. The molecule has 2 N–H and O–H groups in total. The molecule has 1 atom stereocenters. The number of nitrogens with two attached hydrogens (primary N) is 1. The van der Waals surface area contributed by atoms with Crippen LogP contribution < -0.4 is 5.73 Å². The van der Waals surface area contributed by atoms with Crippen LogP contribution in [0, 0.1) is 0 Å². The van der Waals surface area contributed by atoms with Crippen molar-refractivity contribution in [3.8, 4) is 0 Å². The van der Waals surface area contributed by atoms with Crippen molar-refractivity contribution >= 4 is 17.0 Å². The van der Waals surface area contributed by atoms with E-state index in [9.17, 15) is 0 Å². The molecule has 0 bridgehead atoms. The number of hydrogen-bond acceptors (Lipinski definition) is 1. The maximum absolute atomic E-state index is 6.50. The van der Waals surface area contributed by atoms with Gasteiger partial charge in [-0.2, -0.15) is 0 Å². The molecule has 1 rings (SSSR count). The Bertz CT molecular complexity index is 402. The van der Waals surface area contributed by atoms with Gasteiger partial charge in [-0.1, -0.05) is 122 Å². The van der Waals surface area contributed by atoms with Crippen molar-refractivity contribution in [2.24, 2.45) is 5.73 Å². The Kier molecular flexibility index (Phi) is 14.6. The number of halogens is 1. The number of benzene rings is 1. The van der Waals surface area contributed by atoms with Gasteiger partial charge < -0.3 is 5.73 Å². The molecule has 0 amide bonds. The van der Waals surface area contributed by atoms with Gasteiger partial charge in [0.2, 0.25) is 0 Å². The maximum Gasteiger partial charge on any atom is 0.0131 e. The van der Waals surface area contributed by atoms with Gasteiger partial charge >= 0.3 is 0 Å². The van der Waals surface area contributed by atoms with Crippen molar-refractivity contribution in [1.82, 2.24) is 0 Å². The monoisotopic (exact) mass is 411 g/mol. The lowest BCUT2D eigenvalue weighted by atomic mass is 9.76.